The third-order valence-corrected chi connectivity index (χ3v) is 7.17. The Hall–Kier alpha value is -2.86. The molecule has 0 heterocycles. The van der Waals surface area contributed by atoms with Gasteiger partial charge in [0, 0.05) is 12.1 Å². The molecule has 184 valence electrons. The van der Waals surface area contributed by atoms with E-state index in [1.165, 1.54) is 5.56 Å². The summed E-state index contributed by atoms with van der Waals surface area (Å²) in [6, 6.07) is 14.0. The molecule has 7 heteroatoms. The second-order valence-corrected chi connectivity index (χ2v) is 9.59. The Labute approximate surface area is 206 Å². The Bertz CT molecular complexity index is 1160. The van der Waals surface area contributed by atoms with E-state index < -0.39 is 45.6 Å². The van der Waals surface area contributed by atoms with Crippen LogP contribution in [0, 0.1) is 29.2 Å². The fourth-order valence-electron chi connectivity index (χ4n) is 4.92. The van der Waals surface area contributed by atoms with Crippen molar-refractivity contribution in [3.05, 3.63) is 99.6 Å². The summed E-state index contributed by atoms with van der Waals surface area (Å²) in [4.78, 5) is 12.3. The van der Waals surface area contributed by atoms with Crippen LogP contribution in [0.15, 0.2) is 54.6 Å². The van der Waals surface area contributed by atoms with E-state index in [1.807, 2.05) is 18.2 Å². The van der Waals surface area contributed by atoms with E-state index in [0.29, 0.717) is 29.5 Å². The smallest absolute Gasteiger partial charge is 0.349 e. The Morgan fingerprint density at radius 3 is 2.06 bits per heavy atom. The first-order valence-electron chi connectivity index (χ1n) is 11.6. The molecular weight excluding hydrogens is 480 g/mol. The van der Waals surface area contributed by atoms with Crippen molar-refractivity contribution in [3.8, 4) is 5.75 Å². The highest BCUT2D eigenvalue weighted by atomic mass is 35.5. The van der Waals surface area contributed by atoms with Gasteiger partial charge in [-0.25, -0.2) is 22.4 Å². The fraction of sp³-hybridized carbons (Fsp3) is 0.321. The van der Waals surface area contributed by atoms with Crippen molar-refractivity contribution in [2.45, 2.75) is 50.9 Å². The minimum Gasteiger partial charge on any atom is -0.423 e. The molecule has 1 atom stereocenters. The van der Waals surface area contributed by atoms with Gasteiger partial charge in [0.1, 0.15) is 39.6 Å². The van der Waals surface area contributed by atoms with Gasteiger partial charge in [-0.1, -0.05) is 48.9 Å². The van der Waals surface area contributed by atoms with Gasteiger partial charge in [0.05, 0.1) is 0 Å². The number of esters is 1. The molecule has 0 radical (unpaired) electrons. The lowest BCUT2D eigenvalue weighted by atomic mass is 9.75. The molecule has 3 aromatic carbocycles. The lowest BCUT2D eigenvalue weighted by molar-refractivity contribution is 0.0723. The highest BCUT2D eigenvalue weighted by Gasteiger charge is 2.28. The van der Waals surface area contributed by atoms with E-state index >= 15 is 0 Å². The third-order valence-electron chi connectivity index (χ3n) is 6.81. The Morgan fingerprint density at radius 1 is 0.914 bits per heavy atom. The van der Waals surface area contributed by atoms with Gasteiger partial charge in [-0.05, 0) is 73.1 Å². The van der Waals surface area contributed by atoms with Gasteiger partial charge >= 0.3 is 5.97 Å². The molecule has 0 aliphatic heterocycles. The Morgan fingerprint density at radius 2 is 1.49 bits per heavy atom. The third kappa shape index (κ3) is 5.87. The molecular formula is C28H25ClF4O2. The molecule has 1 fully saturated rings. The Balaban J connectivity index is 1.40. The molecule has 0 N–H and O–H groups in total. The Kier molecular flexibility index (Phi) is 7.80. The van der Waals surface area contributed by atoms with Crippen molar-refractivity contribution in [1.29, 1.82) is 0 Å². The summed E-state index contributed by atoms with van der Waals surface area (Å²) in [7, 11) is 0. The van der Waals surface area contributed by atoms with E-state index in [4.69, 9.17) is 16.3 Å². The number of hydrogen-bond donors (Lipinski definition) is 0. The number of ether oxygens (including phenoxy) is 1. The standard InChI is InChI=1S/C28H25ClF4O2/c1-16(18-5-3-2-4-6-18)11-17-7-9-19(10-8-17)20-12-22(30)26(23(31)13-20)28(34)35-21-14-24(32)27(29)25(33)15-21/h2-6,12-17,19H,7-11H2,1H3/t16-,17?,19?/m0/s1. The van der Waals surface area contributed by atoms with Crippen molar-refractivity contribution < 1.29 is 27.1 Å². The molecule has 0 amide bonds. The van der Waals surface area contributed by atoms with Gasteiger partial charge in [-0.3, -0.25) is 0 Å². The van der Waals surface area contributed by atoms with Crippen LogP contribution in [-0.4, -0.2) is 5.97 Å². The van der Waals surface area contributed by atoms with Crippen LogP contribution in [0.1, 0.15) is 72.3 Å². The lowest BCUT2D eigenvalue weighted by Crippen LogP contribution is -2.17. The van der Waals surface area contributed by atoms with E-state index in [9.17, 15) is 22.4 Å². The minimum atomic E-state index is -1.38. The van der Waals surface area contributed by atoms with Crippen LogP contribution in [0.4, 0.5) is 17.6 Å². The molecule has 0 unspecified atom stereocenters. The zero-order valence-corrected chi connectivity index (χ0v) is 19.9. The van der Waals surface area contributed by atoms with Crippen molar-refractivity contribution in [3.63, 3.8) is 0 Å². The SMILES string of the molecule is C[C@@H](CC1CCC(c2cc(F)c(C(=O)Oc3cc(F)c(Cl)c(F)c3)c(F)c2)CC1)c1ccccc1. The summed E-state index contributed by atoms with van der Waals surface area (Å²) in [6.07, 6.45) is 4.59. The van der Waals surface area contributed by atoms with Gasteiger partial charge in [0.15, 0.2) is 0 Å². The van der Waals surface area contributed by atoms with Crippen LogP contribution < -0.4 is 4.74 Å². The number of benzene rings is 3. The van der Waals surface area contributed by atoms with Crippen molar-refractivity contribution in [2.24, 2.45) is 5.92 Å². The quantitative estimate of drug-likeness (QED) is 0.145. The molecule has 0 spiro atoms. The van der Waals surface area contributed by atoms with Crippen molar-refractivity contribution in [1.82, 2.24) is 0 Å². The lowest BCUT2D eigenvalue weighted by Gasteiger charge is -2.30. The predicted octanol–water partition coefficient (Wildman–Crippen LogP) is 8.58. The maximum Gasteiger partial charge on any atom is 0.349 e. The van der Waals surface area contributed by atoms with Crippen molar-refractivity contribution >= 4 is 17.6 Å². The fourth-order valence-corrected chi connectivity index (χ4v) is 5.03. The van der Waals surface area contributed by atoms with E-state index in [-0.39, 0.29) is 5.92 Å². The maximum atomic E-state index is 14.8. The summed E-state index contributed by atoms with van der Waals surface area (Å²) in [5, 5.41) is -0.768. The van der Waals surface area contributed by atoms with Gasteiger partial charge in [-0.2, -0.15) is 0 Å². The number of rotatable bonds is 6. The monoisotopic (exact) mass is 504 g/mol. The van der Waals surface area contributed by atoms with Gasteiger partial charge < -0.3 is 4.74 Å². The molecule has 0 aromatic heterocycles. The van der Waals surface area contributed by atoms with E-state index in [2.05, 4.69) is 19.1 Å². The largest absolute Gasteiger partial charge is 0.423 e. The molecule has 0 saturated heterocycles. The summed E-state index contributed by atoms with van der Waals surface area (Å²) >= 11 is 5.40. The molecule has 3 aromatic rings. The zero-order chi connectivity index (χ0) is 25.1. The topological polar surface area (TPSA) is 26.3 Å². The first kappa shape index (κ1) is 25.2. The summed E-state index contributed by atoms with van der Waals surface area (Å²) < 4.78 is 61.5. The highest BCUT2D eigenvalue weighted by Crippen LogP contribution is 2.40. The maximum absolute atomic E-state index is 14.8. The first-order chi connectivity index (χ1) is 16.7. The molecule has 0 bridgehead atoms. The molecule has 2 nitrogen and oxygen atoms in total. The highest BCUT2D eigenvalue weighted by molar-refractivity contribution is 6.30. The van der Waals surface area contributed by atoms with Crippen LogP contribution in [0.3, 0.4) is 0 Å². The number of hydrogen-bond acceptors (Lipinski definition) is 2. The van der Waals surface area contributed by atoms with Crippen LogP contribution in [0.2, 0.25) is 5.02 Å². The predicted molar refractivity (Wildman–Crippen MR) is 127 cm³/mol. The van der Waals surface area contributed by atoms with Gasteiger partial charge in [0.25, 0.3) is 0 Å². The van der Waals surface area contributed by atoms with Crippen LogP contribution in [-0.2, 0) is 0 Å². The first-order valence-corrected chi connectivity index (χ1v) is 12.0. The average molecular weight is 505 g/mol. The van der Waals surface area contributed by atoms with Crippen LogP contribution in [0.25, 0.3) is 0 Å². The number of carbonyl (C=O) groups excluding carboxylic acids is 1. The van der Waals surface area contributed by atoms with Gasteiger partial charge in [-0.15, -0.1) is 0 Å². The molecule has 1 aliphatic rings. The summed E-state index contributed by atoms with van der Waals surface area (Å²) in [5.74, 6) is -5.39. The van der Waals surface area contributed by atoms with Crippen LogP contribution in [0.5, 0.6) is 5.75 Å². The summed E-state index contributed by atoms with van der Waals surface area (Å²) in [6.45, 7) is 2.22. The summed E-state index contributed by atoms with van der Waals surface area (Å²) in [5.41, 5.74) is 0.898. The van der Waals surface area contributed by atoms with Gasteiger partial charge in [0.2, 0.25) is 0 Å². The number of carbonyl (C=O) groups is 1. The normalized spacial score (nSPS) is 18.8. The second-order valence-electron chi connectivity index (χ2n) is 9.22. The molecule has 35 heavy (non-hydrogen) atoms. The molecule has 1 saturated carbocycles. The molecule has 4 rings (SSSR count). The van der Waals surface area contributed by atoms with E-state index in [0.717, 1.165) is 44.2 Å². The average Bonchev–Trinajstić information content (AvgIpc) is 2.83. The number of halogens is 5. The van der Waals surface area contributed by atoms with E-state index in [1.54, 1.807) is 0 Å². The minimum absolute atomic E-state index is 0.00758. The van der Waals surface area contributed by atoms with Crippen molar-refractivity contribution in [2.75, 3.05) is 0 Å². The van der Waals surface area contributed by atoms with Crippen LogP contribution >= 0.6 is 11.6 Å². The molecule has 1 aliphatic carbocycles. The zero-order valence-electron chi connectivity index (χ0n) is 19.2. The second kappa shape index (κ2) is 10.8.